The summed E-state index contributed by atoms with van der Waals surface area (Å²) in [5.74, 6) is 0.716. The number of carbonyl (C=O) groups excluding carboxylic acids is 1. The van der Waals surface area contributed by atoms with E-state index in [0.717, 1.165) is 19.4 Å². The number of amides is 1. The summed E-state index contributed by atoms with van der Waals surface area (Å²) in [6.45, 7) is 5.28. The van der Waals surface area contributed by atoms with Crippen LogP contribution < -0.4 is 10.6 Å². The average Bonchev–Trinajstić information content (AvgIpc) is 2.76. The molecular formula is C14H22N2OS. The Morgan fingerprint density at radius 1 is 1.50 bits per heavy atom. The standard InChI is InChI=1S/C14H22N2OS/c1-10(2)14(12-6-4-8-18-12)16-11-5-3-7-15-13(17)9-11/h4,6,8,10-11,14,16H,3,5,7,9H2,1-2H3,(H,15,17). The molecular weight excluding hydrogens is 244 g/mol. The van der Waals surface area contributed by atoms with Crippen molar-refractivity contribution in [3.8, 4) is 0 Å². The fourth-order valence-corrected chi connectivity index (χ4v) is 3.40. The Labute approximate surface area is 113 Å². The quantitative estimate of drug-likeness (QED) is 0.880. The summed E-state index contributed by atoms with van der Waals surface area (Å²) in [4.78, 5) is 13.0. The summed E-state index contributed by atoms with van der Waals surface area (Å²) >= 11 is 1.79. The number of hydrogen-bond donors (Lipinski definition) is 2. The second kappa shape index (κ2) is 6.34. The second-order valence-corrected chi connectivity index (χ2v) is 6.28. The van der Waals surface area contributed by atoms with Crippen molar-refractivity contribution >= 4 is 17.2 Å². The molecule has 0 aromatic carbocycles. The minimum absolute atomic E-state index is 0.179. The summed E-state index contributed by atoms with van der Waals surface area (Å²) in [5, 5.41) is 8.73. The van der Waals surface area contributed by atoms with Gasteiger partial charge in [-0.2, -0.15) is 0 Å². The average molecular weight is 266 g/mol. The van der Waals surface area contributed by atoms with Gasteiger partial charge in [0.1, 0.15) is 0 Å². The zero-order valence-electron chi connectivity index (χ0n) is 11.1. The second-order valence-electron chi connectivity index (χ2n) is 5.30. The van der Waals surface area contributed by atoms with E-state index >= 15 is 0 Å². The van der Waals surface area contributed by atoms with Crippen LogP contribution >= 0.6 is 11.3 Å². The summed E-state index contributed by atoms with van der Waals surface area (Å²) in [7, 11) is 0. The van der Waals surface area contributed by atoms with Crippen LogP contribution in [0, 0.1) is 5.92 Å². The molecule has 1 fully saturated rings. The molecule has 2 atom stereocenters. The third-order valence-electron chi connectivity index (χ3n) is 3.41. The number of hydrogen-bond acceptors (Lipinski definition) is 3. The Hall–Kier alpha value is -0.870. The molecule has 0 spiro atoms. The number of rotatable bonds is 4. The van der Waals surface area contributed by atoms with Crippen LogP contribution in [0.2, 0.25) is 0 Å². The molecule has 18 heavy (non-hydrogen) atoms. The molecule has 2 heterocycles. The van der Waals surface area contributed by atoms with Gasteiger partial charge in [0.2, 0.25) is 5.91 Å². The van der Waals surface area contributed by atoms with Gasteiger partial charge in [-0.3, -0.25) is 4.79 Å². The fraction of sp³-hybridized carbons (Fsp3) is 0.643. The van der Waals surface area contributed by atoms with Gasteiger partial charge in [-0.15, -0.1) is 11.3 Å². The summed E-state index contributed by atoms with van der Waals surface area (Å²) in [5.41, 5.74) is 0. The van der Waals surface area contributed by atoms with Crippen molar-refractivity contribution in [1.29, 1.82) is 0 Å². The zero-order valence-corrected chi connectivity index (χ0v) is 11.9. The predicted molar refractivity (Wildman–Crippen MR) is 75.7 cm³/mol. The molecule has 2 N–H and O–H groups in total. The number of carbonyl (C=O) groups is 1. The van der Waals surface area contributed by atoms with Crippen LogP contribution in [0.25, 0.3) is 0 Å². The molecule has 100 valence electrons. The van der Waals surface area contributed by atoms with Crippen molar-refractivity contribution in [3.05, 3.63) is 22.4 Å². The summed E-state index contributed by atoms with van der Waals surface area (Å²) in [6, 6.07) is 4.94. The normalized spacial score (nSPS) is 22.6. The van der Waals surface area contributed by atoms with Gasteiger partial charge in [0, 0.05) is 29.9 Å². The number of nitrogens with one attached hydrogen (secondary N) is 2. The minimum atomic E-state index is 0.179. The molecule has 1 aliphatic rings. The largest absolute Gasteiger partial charge is 0.356 e. The lowest BCUT2D eigenvalue weighted by molar-refractivity contribution is -0.121. The van der Waals surface area contributed by atoms with Crippen molar-refractivity contribution in [2.24, 2.45) is 5.92 Å². The van der Waals surface area contributed by atoms with Crippen molar-refractivity contribution in [2.75, 3.05) is 6.54 Å². The lowest BCUT2D eigenvalue weighted by Gasteiger charge is -2.26. The zero-order chi connectivity index (χ0) is 13.0. The highest BCUT2D eigenvalue weighted by Gasteiger charge is 2.23. The molecule has 1 amide bonds. The van der Waals surface area contributed by atoms with Crippen LogP contribution in [-0.4, -0.2) is 18.5 Å². The summed E-state index contributed by atoms with van der Waals surface area (Å²) < 4.78 is 0. The molecule has 1 aromatic heterocycles. The van der Waals surface area contributed by atoms with E-state index in [1.807, 2.05) is 0 Å². The van der Waals surface area contributed by atoms with Gasteiger partial charge < -0.3 is 10.6 Å². The van der Waals surface area contributed by atoms with Gasteiger partial charge in [0.05, 0.1) is 0 Å². The van der Waals surface area contributed by atoms with Crippen molar-refractivity contribution in [2.45, 2.75) is 45.2 Å². The molecule has 0 radical (unpaired) electrons. The van der Waals surface area contributed by atoms with Gasteiger partial charge in [0.25, 0.3) is 0 Å². The van der Waals surface area contributed by atoms with E-state index in [4.69, 9.17) is 0 Å². The molecule has 0 saturated carbocycles. The molecule has 0 bridgehead atoms. The van der Waals surface area contributed by atoms with Gasteiger partial charge in [-0.25, -0.2) is 0 Å². The molecule has 3 nitrogen and oxygen atoms in total. The highest BCUT2D eigenvalue weighted by Crippen LogP contribution is 2.27. The Kier molecular flexibility index (Phi) is 4.78. The first-order valence-corrected chi connectivity index (χ1v) is 7.61. The van der Waals surface area contributed by atoms with E-state index in [-0.39, 0.29) is 5.91 Å². The first-order chi connectivity index (χ1) is 8.66. The van der Waals surface area contributed by atoms with E-state index in [0.29, 0.717) is 24.4 Å². The maximum Gasteiger partial charge on any atom is 0.221 e. The fourth-order valence-electron chi connectivity index (χ4n) is 2.44. The number of thiophene rings is 1. The lowest BCUT2D eigenvalue weighted by atomic mass is 9.99. The molecule has 1 aliphatic heterocycles. The van der Waals surface area contributed by atoms with Crippen molar-refractivity contribution in [3.63, 3.8) is 0 Å². The molecule has 2 rings (SSSR count). The van der Waals surface area contributed by atoms with E-state index in [9.17, 15) is 4.79 Å². The topological polar surface area (TPSA) is 41.1 Å². The first kappa shape index (κ1) is 13.6. The Morgan fingerprint density at radius 3 is 3.00 bits per heavy atom. The monoisotopic (exact) mass is 266 g/mol. The Balaban J connectivity index is 2.02. The first-order valence-electron chi connectivity index (χ1n) is 6.73. The van der Waals surface area contributed by atoms with Crippen LogP contribution in [0.15, 0.2) is 17.5 Å². The molecule has 4 heteroatoms. The molecule has 2 unspecified atom stereocenters. The van der Waals surface area contributed by atoms with Crippen LogP contribution in [0.3, 0.4) is 0 Å². The van der Waals surface area contributed by atoms with E-state index in [1.54, 1.807) is 11.3 Å². The Morgan fingerprint density at radius 2 is 2.33 bits per heavy atom. The van der Waals surface area contributed by atoms with E-state index in [1.165, 1.54) is 4.88 Å². The van der Waals surface area contributed by atoms with Crippen LogP contribution in [0.1, 0.15) is 44.0 Å². The SMILES string of the molecule is CC(C)C(NC1CCCNC(=O)C1)c1cccs1. The Bertz CT molecular complexity index is 375. The molecule has 1 aromatic rings. The van der Waals surface area contributed by atoms with Crippen molar-refractivity contribution in [1.82, 2.24) is 10.6 Å². The van der Waals surface area contributed by atoms with Crippen molar-refractivity contribution < 1.29 is 4.79 Å². The maximum absolute atomic E-state index is 11.6. The van der Waals surface area contributed by atoms with Gasteiger partial charge >= 0.3 is 0 Å². The van der Waals surface area contributed by atoms with E-state index in [2.05, 4.69) is 42.0 Å². The summed E-state index contributed by atoms with van der Waals surface area (Å²) in [6.07, 6.45) is 2.75. The van der Waals surface area contributed by atoms with Gasteiger partial charge in [-0.1, -0.05) is 19.9 Å². The third kappa shape index (κ3) is 3.56. The maximum atomic E-state index is 11.6. The predicted octanol–water partition coefficient (Wildman–Crippen LogP) is 2.70. The molecule has 0 aliphatic carbocycles. The lowest BCUT2D eigenvalue weighted by Crippen LogP contribution is -2.37. The highest BCUT2D eigenvalue weighted by atomic mass is 32.1. The van der Waals surface area contributed by atoms with Crippen LogP contribution in [0.5, 0.6) is 0 Å². The smallest absolute Gasteiger partial charge is 0.221 e. The highest BCUT2D eigenvalue weighted by molar-refractivity contribution is 7.10. The molecule has 1 saturated heterocycles. The van der Waals surface area contributed by atoms with E-state index < -0.39 is 0 Å². The minimum Gasteiger partial charge on any atom is -0.356 e. The third-order valence-corrected chi connectivity index (χ3v) is 4.37. The van der Waals surface area contributed by atoms with Crippen LogP contribution in [-0.2, 0) is 4.79 Å². The van der Waals surface area contributed by atoms with Crippen LogP contribution in [0.4, 0.5) is 0 Å². The van der Waals surface area contributed by atoms with Gasteiger partial charge in [-0.05, 0) is 30.2 Å². The van der Waals surface area contributed by atoms with Gasteiger partial charge in [0.15, 0.2) is 0 Å².